The number of hydrogen-bond donors (Lipinski definition) is 2. The molecular weight excluding hydrogens is 270 g/mol. The Balaban J connectivity index is 2.00. The topological polar surface area (TPSA) is 58.4 Å². The van der Waals surface area contributed by atoms with E-state index >= 15 is 0 Å². The van der Waals surface area contributed by atoms with Crippen molar-refractivity contribution in [3.63, 3.8) is 0 Å². The standard InChI is InChI=1S/C15H25N3OS/c1-3-13(16)15(14-5-4-10-20-14)18-8-6-12(7-9-18)17-11(2)19/h4-5,10,12-13,15H,3,6-9,16H2,1-2H3,(H,17,19). The molecule has 2 atom stereocenters. The molecule has 0 aromatic carbocycles. The highest BCUT2D eigenvalue weighted by Crippen LogP contribution is 2.31. The first kappa shape index (κ1) is 15.5. The zero-order valence-corrected chi connectivity index (χ0v) is 13.2. The van der Waals surface area contributed by atoms with E-state index in [-0.39, 0.29) is 11.9 Å². The van der Waals surface area contributed by atoms with E-state index in [4.69, 9.17) is 5.73 Å². The van der Waals surface area contributed by atoms with Gasteiger partial charge in [-0.2, -0.15) is 0 Å². The number of nitrogens with one attached hydrogen (secondary N) is 1. The van der Waals surface area contributed by atoms with E-state index in [1.165, 1.54) is 4.88 Å². The molecule has 112 valence electrons. The first-order chi connectivity index (χ1) is 9.61. The highest BCUT2D eigenvalue weighted by atomic mass is 32.1. The third kappa shape index (κ3) is 3.81. The maximum absolute atomic E-state index is 11.1. The van der Waals surface area contributed by atoms with E-state index in [2.05, 4.69) is 34.7 Å². The Kier molecular flexibility index (Phi) is 5.57. The second-order valence-electron chi connectivity index (χ2n) is 5.54. The molecule has 1 aromatic heterocycles. The molecule has 2 rings (SSSR count). The Bertz CT molecular complexity index is 413. The largest absolute Gasteiger partial charge is 0.354 e. The van der Waals surface area contributed by atoms with E-state index in [1.807, 2.05) is 0 Å². The lowest BCUT2D eigenvalue weighted by Crippen LogP contribution is -2.48. The van der Waals surface area contributed by atoms with E-state index in [9.17, 15) is 4.79 Å². The maximum atomic E-state index is 11.1. The molecule has 1 amide bonds. The maximum Gasteiger partial charge on any atom is 0.217 e. The normalized spacial score (nSPS) is 20.6. The molecule has 2 unspecified atom stereocenters. The number of piperidine rings is 1. The van der Waals surface area contributed by atoms with Crippen LogP contribution in [-0.4, -0.2) is 36.0 Å². The van der Waals surface area contributed by atoms with Crippen LogP contribution in [0, 0.1) is 0 Å². The first-order valence-corrected chi connectivity index (χ1v) is 8.30. The summed E-state index contributed by atoms with van der Waals surface area (Å²) in [7, 11) is 0. The predicted octanol–water partition coefficient (Wildman–Crippen LogP) is 2.13. The molecule has 0 spiro atoms. The molecule has 0 bridgehead atoms. The summed E-state index contributed by atoms with van der Waals surface area (Å²) < 4.78 is 0. The van der Waals surface area contributed by atoms with Crippen molar-refractivity contribution in [1.29, 1.82) is 0 Å². The van der Waals surface area contributed by atoms with Gasteiger partial charge in [-0.1, -0.05) is 13.0 Å². The number of nitrogens with two attached hydrogens (primary N) is 1. The van der Waals surface area contributed by atoms with Crippen LogP contribution in [0.3, 0.4) is 0 Å². The zero-order chi connectivity index (χ0) is 14.5. The number of amides is 1. The van der Waals surface area contributed by atoms with Crippen LogP contribution in [0.4, 0.5) is 0 Å². The molecule has 1 fully saturated rings. The molecule has 0 saturated carbocycles. The fourth-order valence-electron chi connectivity index (χ4n) is 2.95. The summed E-state index contributed by atoms with van der Waals surface area (Å²) in [5, 5.41) is 5.14. The zero-order valence-electron chi connectivity index (χ0n) is 12.3. The minimum absolute atomic E-state index is 0.0727. The third-order valence-electron chi connectivity index (χ3n) is 4.04. The highest BCUT2D eigenvalue weighted by molar-refractivity contribution is 7.10. The van der Waals surface area contributed by atoms with Gasteiger partial charge in [0.25, 0.3) is 0 Å². The van der Waals surface area contributed by atoms with Crippen LogP contribution in [0.25, 0.3) is 0 Å². The third-order valence-corrected chi connectivity index (χ3v) is 4.98. The summed E-state index contributed by atoms with van der Waals surface area (Å²) in [5.74, 6) is 0.0727. The molecule has 0 aliphatic carbocycles. The molecule has 2 heterocycles. The molecule has 1 aromatic rings. The second-order valence-corrected chi connectivity index (χ2v) is 6.52. The Morgan fingerprint density at radius 2 is 2.25 bits per heavy atom. The lowest BCUT2D eigenvalue weighted by Gasteiger charge is -2.39. The Labute approximate surface area is 125 Å². The lowest BCUT2D eigenvalue weighted by molar-refractivity contribution is -0.120. The van der Waals surface area contributed by atoms with E-state index in [0.29, 0.717) is 12.1 Å². The van der Waals surface area contributed by atoms with Gasteiger partial charge in [-0.05, 0) is 30.7 Å². The van der Waals surface area contributed by atoms with E-state index in [1.54, 1.807) is 18.3 Å². The van der Waals surface area contributed by atoms with E-state index < -0.39 is 0 Å². The van der Waals surface area contributed by atoms with Gasteiger partial charge in [0.05, 0.1) is 6.04 Å². The number of thiophene rings is 1. The number of hydrogen-bond acceptors (Lipinski definition) is 4. The molecule has 0 radical (unpaired) electrons. The van der Waals surface area contributed by atoms with Crippen molar-refractivity contribution in [2.75, 3.05) is 13.1 Å². The fraction of sp³-hybridized carbons (Fsp3) is 0.667. The van der Waals surface area contributed by atoms with Crippen LogP contribution >= 0.6 is 11.3 Å². The average Bonchev–Trinajstić information content (AvgIpc) is 2.94. The fourth-order valence-corrected chi connectivity index (χ4v) is 3.89. The molecule has 3 N–H and O–H groups in total. The Morgan fingerprint density at radius 1 is 1.55 bits per heavy atom. The molecular formula is C15H25N3OS. The van der Waals surface area contributed by atoms with Crippen LogP contribution in [0.5, 0.6) is 0 Å². The van der Waals surface area contributed by atoms with Crippen molar-refractivity contribution in [2.45, 2.75) is 51.2 Å². The summed E-state index contributed by atoms with van der Waals surface area (Å²) >= 11 is 1.79. The van der Waals surface area contributed by atoms with E-state index in [0.717, 1.165) is 32.4 Å². The monoisotopic (exact) mass is 295 g/mol. The van der Waals surface area contributed by atoms with Crippen molar-refractivity contribution in [3.05, 3.63) is 22.4 Å². The predicted molar refractivity (Wildman–Crippen MR) is 83.7 cm³/mol. The van der Waals surface area contributed by atoms with Gasteiger partial charge in [-0.15, -0.1) is 11.3 Å². The SMILES string of the molecule is CCC(N)C(c1cccs1)N1CCC(NC(C)=O)CC1. The van der Waals surface area contributed by atoms with Crippen molar-refractivity contribution >= 4 is 17.2 Å². The number of carbonyl (C=O) groups excluding carboxylic acids is 1. The molecule has 20 heavy (non-hydrogen) atoms. The average molecular weight is 295 g/mol. The number of nitrogens with zero attached hydrogens (tertiary/aromatic N) is 1. The van der Waals surface area contributed by atoms with Crippen LogP contribution in [0.2, 0.25) is 0 Å². The van der Waals surface area contributed by atoms with Gasteiger partial charge in [0.1, 0.15) is 0 Å². The minimum atomic E-state index is 0.0727. The molecule has 4 nitrogen and oxygen atoms in total. The van der Waals surface area contributed by atoms with Crippen molar-refractivity contribution in [2.24, 2.45) is 5.73 Å². The van der Waals surface area contributed by atoms with Gasteiger partial charge in [0.15, 0.2) is 0 Å². The van der Waals surface area contributed by atoms with Gasteiger partial charge in [-0.25, -0.2) is 0 Å². The quantitative estimate of drug-likeness (QED) is 0.875. The summed E-state index contributed by atoms with van der Waals surface area (Å²) in [6, 6.07) is 5.10. The van der Waals surface area contributed by atoms with Gasteiger partial charge >= 0.3 is 0 Å². The summed E-state index contributed by atoms with van der Waals surface area (Å²) in [4.78, 5) is 15.0. The van der Waals surface area contributed by atoms with Crippen molar-refractivity contribution in [1.82, 2.24) is 10.2 Å². The Hall–Kier alpha value is -0.910. The van der Waals surface area contributed by atoms with Gasteiger partial charge in [0, 0.05) is 37.0 Å². The van der Waals surface area contributed by atoms with Crippen LogP contribution in [0.15, 0.2) is 17.5 Å². The van der Waals surface area contributed by atoms with Crippen LogP contribution < -0.4 is 11.1 Å². The summed E-state index contributed by atoms with van der Waals surface area (Å²) in [5.41, 5.74) is 6.35. The first-order valence-electron chi connectivity index (χ1n) is 7.42. The van der Waals surface area contributed by atoms with Gasteiger partial charge < -0.3 is 11.1 Å². The Morgan fingerprint density at radius 3 is 2.75 bits per heavy atom. The van der Waals surface area contributed by atoms with Crippen molar-refractivity contribution in [3.8, 4) is 0 Å². The molecule has 5 heteroatoms. The second kappa shape index (κ2) is 7.20. The smallest absolute Gasteiger partial charge is 0.217 e. The number of likely N-dealkylation sites (tertiary alicyclic amines) is 1. The summed E-state index contributed by atoms with van der Waals surface area (Å²) in [6.45, 7) is 5.74. The highest BCUT2D eigenvalue weighted by Gasteiger charge is 2.30. The van der Waals surface area contributed by atoms with Crippen molar-refractivity contribution < 1.29 is 4.79 Å². The lowest BCUT2D eigenvalue weighted by atomic mass is 9.97. The van der Waals surface area contributed by atoms with Crippen LogP contribution in [-0.2, 0) is 4.79 Å². The molecule has 1 saturated heterocycles. The molecule has 1 aliphatic rings. The number of carbonyl (C=O) groups is 1. The summed E-state index contributed by atoms with van der Waals surface area (Å²) in [6.07, 6.45) is 3.00. The number of rotatable bonds is 5. The minimum Gasteiger partial charge on any atom is -0.354 e. The van der Waals surface area contributed by atoms with Gasteiger partial charge in [0.2, 0.25) is 5.91 Å². The molecule has 1 aliphatic heterocycles. The van der Waals surface area contributed by atoms with Crippen LogP contribution in [0.1, 0.15) is 44.0 Å². The van der Waals surface area contributed by atoms with Gasteiger partial charge in [-0.3, -0.25) is 9.69 Å².